The van der Waals surface area contributed by atoms with E-state index in [2.05, 4.69) is 46.4 Å². The summed E-state index contributed by atoms with van der Waals surface area (Å²) in [6, 6.07) is 0. The van der Waals surface area contributed by atoms with Gasteiger partial charge >= 0.3 is 82.7 Å². The molecule has 5 heteroatoms. The number of hydrogen-bond acceptors (Lipinski definition) is 3. The van der Waals surface area contributed by atoms with E-state index in [0.29, 0.717) is 0 Å². The molecule has 0 aliphatic heterocycles. The fourth-order valence-corrected chi connectivity index (χ4v) is 1.22. The van der Waals surface area contributed by atoms with Crippen molar-refractivity contribution < 1.29 is 15.3 Å². The Morgan fingerprint density at radius 1 is 0.579 bits per heavy atom. The third-order valence-corrected chi connectivity index (χ3v) is 1.93. The Morgan fingerprint density at radius 3 is 0.737 bits per heavy atom. The fourth-order valence-electron chi connectivity index (χ4n) is 0.408. The van der Waals surface area contributed by atoms with Gasteiger partial charge in [-0.15, -0.1) is 19.8 Å². The molecule has 0 amide bonds. The monoisotopic (exact) mass is 303 g/mol. The summed E-state index contributed by atoms with van der Waals surface area (Å²) < 4.78 is 0. The maximum atomic E-state index is 8.93. The molecule has 19 heavy (non-hydrogen) atoms. The molecule has 3 nitrogen and oxygen atoms in total. The first-order valence-electron chi connectivity index (χ1n) is 7.22. The summed E-state index contributed by atoms with van der Waals surface area (Å²) in [5, 5.41) is 29.3. The van der Waals surface area contributed by atoms with Crippen molar-refractivity contribution in [3.63, 3.8) is 0 Å². The molecule has 0 N–H and O–H groups in total. The molecule has 0 spiro atoms. The number of rotatable bonds is 4. The van der Waals surface area contributed by atoms with E-state index in [1.165, 1.54) is 36.2 Å². The van der Waals surface area contributed by atoms with Gasteiger partial charge in [0.15, 0.2) is 0 Å². The van der Waals surface area contributed by atoms with Crippen molar-refractivity contribution in [1.82, 2.24) is 0 Å². The minimum absolute atomic E-state index is 0. The third kappa shape index (κ3) is 222. The second-order valence-corrected chi connectivity index (χ2v) is 4.31. The molecule has 0 aromatic carbocycles. The Labute approximate surface area is 138 Å². The van der Waals surface area contributed by atoms with Crippen molar-refractivity contribution in [2.45, 2.75) is 70.9 Å². The first-order chi connectivity index (χ1) is 9.07. The number of unbranched alkanes of at least 4 members (excludes halogenated alkanes) is 2. The zero-order chi connectivity index (χ0) is 16.4. The summed E-state index contributed by atoms with van der Waals surface area (Å²) in [5.41, 5.74) is 0. The standard InChI is InChI=1S/2C4H9.3C2H5O.2Al/c2*1-3-4-2;3*1-2-3;;/h2*1,3-4H2,2H3;3*2H2,1H3;;/q;;3*-1;2*+2. The Bertz CT molecular complexity index is 63.0. The predicted octanol–water partition coefficient (Wildman–Crippen LogP) is 0.846. The van der Waals surface area contributed by atoms with Gasteiger partial charge in [-0.2, -0.15) is 0 Å². The first kappa shape index (κ1) is 32.1. The van der Waals surface area contributed by atoms with E-state index in [1.807, 2.05) is 0 Å². The average Bonchev–Trinajstić information content (AvgIpc) is 2.35. The summed E-state index contributed by atoms with van der Waals surface area (Å²) in [4.78, 5) is 0. The van der Waals surface area contributed by atoms with Gasteiger partial charge in [0.1, 0.15) is 0 Å². The maximum absolute atomic E-state index is 8.93. The smallest absolute Gasteiger partial charge is 0.0809 e. The van der Waals surface area contributed by atoms with Gasteiger partial charge in [-0.05, 0) is 0 Å². The zero-order valence-corrected chi connectivity index (χ0v) is 16.1. The van der Waals surface area contributed by atoms with E-state index in [9.17, 15) is 0 Å². The molecule has 0 bridgehead atoms. The van der Waals surface area contributed by atoms with Crippen molar-refractivity contribution in [3.05, 3.63) is 0 Å². The fraction of sp³-hybridized carbons (Fsp3) is 1.00. The van der Waals surface area contributed by atoms with Crippen LogP contribution in [0.15, 0.2) is 0 Å². The van der Waals surface area contributed by atoms with Crippen LogP contribution in [-0.4, -0.2) is 52.4 Å². The molecule has 0 aromatic heterocycles. The summed E-state index contributed by atoms with van der Waals surface area (Å²) in [5.74, 6) is 0. The SMILES string of the molecule is CCC[CH2][Al+2].CCC[CH2][Al+2].CC[O-].CC[O-].CC[O-]. The molecule has 0 saturated heterocycles. The minimum Gasteiger partial charge on any atom is -0.855 e. The molecule has 0 unspecified atom stereocenters. The largest absolute Gasteiger partial charge is 0.855 e. The van der Waals surface area contributed by atoms with E-state index in [1.54, 1.807) is 20.8 Å². The Morgan fingerprint density at radius 2 is 0.737 bits per heavy atom. The van der Waals surface area contributed by atoms with E-state index < -0.39 is 0 Å². The molecule has 0 radical (unpaired) electrons. The van der Waals surface area contributed by atoms with Crippen LogP contribution in [0.3, 0.4) is 0 Å². The van der Waals surface area contributed by atoms with Crippen LogP contribution in [0.25, 0.3) is 0 Å². The molecular weight excluding hydrogens is 270 g/mol. The molecule has 0 heterocycles. The van der Waals surface area contributed by atoms with Crippen LogP contribution < -0.4 is 15.3 Å². The normalized spacial score (nSPS) is 7.37. The van der Waals surface area contributed by atoms with Crippen molar-refractivity contribution in [1.29, 1.82) is 0 Å². The Kier molecular flexibility index (Phi) is 104. The average molecular weight is 303 g/mol. The van der Waals surface area contributed by atoms with Gasteiger partial charge in [-0.25, -0.2) is 0 Å². The van der Waals surface area contributed by atoms with Gasteiger partial charge in [-0.1, -0.05) is 20.8 Å². The topological polar surface area (TPSA) is 69.2 Å². The number of hydrogen-bond donors (Lipinski definition) is 0. The molecule has 0 atom stereocenters. The van der Waals surface area contributed by atoms with Crippen LogP contribution in [0, 0.1) is 0 Å². The summed E-state index contributed by atoms with van der Waals surface area (Å²) in [6.07, 6.45) is 5.35. The first-order valence-corrected chi connectivity index (χ1v) is 8.85. The Balaban J connectivity index is -0.0000000442. The van der Waals surface area contributed by atoms with Crippen molar-refractivity contribution in [2.75, 3.05) is 19.8 Å². The molecule has 0 fully saturated rings. The molecule has 0 rings (SSSR count). The molecule has 0 aromatic rings. The maximum Gasteiger partial charge on any atom is -0.0809 e. The van der Waals surface area contributed by atoms with Crippen molar-refractivity contribution in [2.24, 2.45) is 0 Å². The minimum atomic E-state index is 0. The van der Waals surface area contributed by atoms with E-state index in [0.717, 1.165) is 0 Å². The molecule has 0 saturated carbocycles. The molecular formula is C14H33Al2O3+. The van der Waals surface area contributed by atoms with Crippen LogP contribution in [0.5, 0.6) is 0 Å². The van der Waals surface area contributed by atoms with Gasteiger partial charge in [-0.3, -0.25) is 0 Å². The van der Waals surface area contributed by atoms with Gasteiger partial charge in [0.2, 0.25) is 0 Å². The van der Waals surface area contributed by atoms with Gasteiger partial charge in [0, 0.05) is 0 Å². The summed E-state index contributed by atoms with van der Waals surface area (Å²) in [6.45, 7) is 9.11. The van der Waals surface area contributed by atoms with Gasteiger partial charge < -0.3 is 15.3 Å². The second-order valence-electron chi connectivity index (χ2n) is 3.15. The van der Waals surface area contributed by atoms with Crippen molar-refractivity contribution >= 4 is 32.6 Å². The van der Waals surface area contributed by atoms with E-state index in [4.69, 9.17) is 15.3 Å². The second kappa shape index (κ2) is 61.7. The van der Waals surface area contributed by atoms with Gasteiger partial charge in [0.25, 0.3) is 0 Å². The summed E-state index contributed by atoms with van der Waals surface area (Å²) in [7, 11) is 0. The molecule has 112 valence electrons. The van der Waals surface area contributed by atoms with Gasteiger partial charge in [0.05, 0.1) is 0 Å². The van der Waals surface area contributed by atoms with Crippen LogP contribution >= 0.6 is 0 Å². The molecule has 0 aliphatic carbocycles. The molecule has 0 aliphatic rings. The third-order valence-electron chi connectivity index (χ3n) is 1.12. The van der Waals surface area contributed by atoms with Crippen molar-refractivity contribution in [3.8, 4) is 0 Å². The van der Waals surface area contributed by atoms with E-state index in [-0.39, 0.29) is 19.8 Å². The van der Waals surface area contributed by atoms with Crippen LogP contribution in [0.2, 0.25) is 10.6 Å². The predicted molar refractivity (Wildman–Crippen MR) is 82.6 cm³/mol. The quantitative estimate of drug-likeness (QED) is 0.723. The zero-order valence-electron chi connectivity index (χ0n) is 13.7. The summed E-state index contributed by atoms with van der Waals surface area (Å²) >= 11 is 5.40. The van der Waals surface area contributed by atoms with Crippen LogP contribution in [0.4, 0.5) is 0 Å². The van der Waals surface area contributed by atoms with E-state index >= 15 is 0 Å². The van der Waals surface area contributed by atoms with Crippen LogP contribution in [-0.2, 0) is 0 Å². The Hall–Kier alpha value is 0.945. The van der Waals surface area contributed by atoms with Crippen LogP contribution in [0.1, 0.15) is 60.3 Å².